The third-order valence-corrected chi connectivity index (χ3v) is 9.75. The second-order valence-corrected chi connectivity index (χ2v) is 14.0. The summed E-state index contributed by atoms with van der Waals surface area (Å²) in [5, 5.41) is 14.5. The number of likely N-dealkylation sites (N-methyl/N-ethyl adjacent to an activating group) is 1. The normalized spacial score (nSPS) is 28.9. The summed E-state index contributed by atoms with van der Waals surface area (Å²) in [6.45, 7) is 12.1. The Morgan fingerprint density at radius 3 is 2.18 bits per heavy atom. The fourth-order valence-corrected chi connectivity index (χ4v) is 6.43. The molecule has 45 heavy (non-hydrogen) atoms. The first-order chi connectivity index (χ1) is 21.4. The van der Waals surface area contributed by atoms with Crippen LogP contribution in [0.5, 0.6) is 0 Å². The topological polar surface area (TPSA) is 152 Å². The van der Waals surface area contributed by atoms with Crippen molar-refractivity contribution in [1.29, 1.82) is 0 Å². The van der Waals surface area contributed by atoms with Crippen LogP contribution in [0.25, 0.3) is 0 Å². The van der Waals surface area contributed by atoms with Crippen molar-refractivity contribution in [2.75, 3.05) is 46.3 Å². The lowest BCUT2D eigenvalue weighted by Gasteiger charge is -2.34. The van der Waals surface area contributed by atoms with E-state index < -0.39 is 41.4 Å². The van der Waals surface area contributed by atoms with Gasteiger partial charge in [0.1, 0.15) is 23.7 Å². The maximum atomic E-state index is 13.8. The van der Waals surface area contributed by atoms with Crippen molar-refractivity contribution in [2.24, 2.45) is 11.8 Å². The smallest absolute Gasteiger partial charge is 0.246 e. The van der Waals surface area contributed by atoms with E-state index in [1.165, 1.54) is 6.42 Å². The lowest BCUT2D eigenvalue weighted by Crippen LogP contribution is -2.63. The Morgan fingerprint density at radius 2 is 1.53 bits per heavy atom. The molecule has 0 unspecified atom stereocenters. The molecule has 3 aliphatic rings. The molecule has 256 valence electrons. The zero-order valence-corrected chi connectivity index (χ0v) is 28.3. The Hall–Kier alpha value is -2.73. The van der Waals surface area contributed by atoms with E-state index in [2.05, 4.69) is 43.4 Å². The first-order valence-corrected chi connectivity index (χ1v) is 17.3. The molecule has 0 aromatic heterocycles. The molecule has 0 radical (unpaired) electrons. The lowest BCUT2D eigenvalue weighted by atomic mass is 9.84. The van der Waals surface area contributed by atoms with Gasteiger partial charge in [0.25, 0.3) is 0 Å². The van der Waals surface area contributed by atoms with Gasteiger partial charge in [-0.05, 0) is 65.0 Å². The van der Waals surface area contributed by atoms with Crippen molar-refractivity contribution >= 4 is 29.5 Å². The molecule has 0 aromatic rings. The molecule has 0 aromatic carbocycles. The van der Waals surface area contributed by atoms with Gasteiger partial charge in [-0.2, -0.15) is 0 Å². The van der Waals surface area contributed by atoms with Gasteiger partial charge >= 0.3 is 0 Å². The molecule has 5 amide bonds. The fourth-order valence-electron chi connectivity index (χ4n) is 6.43. The van der Waals surface area contributed by atoms with Crippen LogP contribution < -0.4 is 26.6 Å². The molecule has 12 nitrogen and oxygen atoms in total. The third-order valence-electron chi connectivity index (χ3n) is 9.75. The minimum absolute atomic E-state index is 0.122. The van der Waals surface area contributed by atoms with Crippen LogP contribution in [0.2, 0.25) is 0 Å². The van der Waals surface area contributed by atoms with Crippen LogP contribution in [0.3, 0.4) is 0 Å². The van der Waals surface area contributed by atoms with Crippen molar-refractivity contribution in [3.63, 3.8) is 0 Å². The van der Waals surface area contributed by atoms with Gasteiger partial charge in [-0.3, -0.25) is 24.0 Å². The third kappa shape index (κ3) is 11.5. The van der Waals surface area contributed by atoms with E-state index in [4.69, 9.17) is 0 Å². The molecule has 3 fully saturated rings. The van der Waals surface area contributed by atoms with Crippen LogP contribution >= 0.6 is 0 Å². The van der Waals surface area contributed by atoms with Gasteiger partial charge < -0.3 is 36.4 Å². The second-order valence-electron chi connectivity index (χ2n) is 14.0. The maximum Gasteiger partial charge on any atom is 0.246 e. The Bertz CT molecular complexity index is 1010. The zero-order chi connectivity index (χ0) is 33.0. The van der Waals surface area contributed by atoms with Crippen LogP contribution in [-0.4, -0.2) is 109 Å². The Morgan fingerprint density at radius 1 is 0.889 bits per heavy atom. The van der Waals surface area contributed by atoms with Gasteiger partial charge in [-0.15, -0.1) is 0 Å². The number of rotatable bonds is 10. The quantitative estimate of drug-likeness (QED) is 0.228. The van der Waals surface area contributed by atoms with Crippen LogP contribution in [0.4, 0.5) is 0 Å². The number of hydrogen-bond donors (Lipinski definition) is 5. The summed E-state index contributed by atoms with van der Waals surface area (Å²) < 4.78 is 0. The number of carbonyl (C=O) groups is 5. The van der Waals surface area contributed by atoms with Crippen molar-refractivity contribution in [2.45, 2.75) is 122 Å². The van der Waals surface area contributed by atoms with E-state index in [9.17, 15) is 24.0 Å². The maximum absolute atomic E-state index is 13.8. The van der Waals surface area contributed by atoms with Gasteiger partial charge in [0, 0.05) is 38.6 Å². The molecule has 1 aliphatic carbocycles. The van der Waals surface area contributed by atoms with E-state index in [0.29, 0.717) is 31.6 Å². The van der Waals surface area contributed by atoms with Crippen molar-refractivity contribution < 1.29 is 24.0 Å². The first kappa shape index (κ1) is 36.7. The van der Waals surface area contributed by atoms with Crippen LogP contribution in [0.15, 0.2) is 0 Å². The number of carbonyl (C=O) groups excluding carboxylic acids is 5. The van der Waals surface area contributed by atoms with Gasteiger partial charge in [-0.25, -0.2) is 0 Å². The summed E-state index contributed by atoms with van der Waals surface area (Å²) in [6.07, 6.45) is 8.42. The number of nitrogens with zero attached hydrogens (tertiary/aromatic N) is 2. The highest BCUT2D eigenvalue weighted by Crippen LogP contribution is 2.27. The molecule has 5 N–H and O–H groups in total. The number of nitrogens with one attached hydrogen (secondary N) is 5. The summed E-state index contributed by atoms with van der Waals surface area (Å²) in [6, 6.07) is -2.47. The number of hydrogen-bond acceptors (Lipinski definition) is 7. The minimum atomic E-state index is -1.36. The monoisotopic (exact) mass is 633 g/mol. The number of amides is 5. The van der Waals surface area contributed by atoms with Gasteiger partial charge in [-0.1, -0.05) is 52.9 Å². The van der Waals surface area contributed by atoms with Crippen LogP contribution in [0.1, 0.15) is 98.3 Å². The molecule has 2 aliphatic heterocycles. The van der Waals surface area contributed by atoms with E-state index in [1.807, 2.05) is 6.92 Å². The van der Waals surface area contributed by atoms with Gasteiger partial charge in [0.15, 0.2) is 0 Å². The molecular weight excluding hydrogens is 574 g/mol. The molecule has 2 saturated heterocycles. The zero-order valence-electron chi connectivity index (χ0n) is 28.3. The Kier molecular flexibility index (Phi) is 14.6. The molecular formula is C33H59N7O5. The van der Waals surface area contributed by atoms with Crippen LogP contribution in [0, 0.1) is 11.8 Å². The largest absolute Gasteiger partial charge is 0.354 e. The predicted molar refractivity (Wildman–Crippen MR) is 174 cm³/mol. The van der Waals surface area contributed by atoms with Gasteiger partial charge in [0.05, 0.1) is 0 Å². The lowest BCUT2D eigenvalue weighted by molar-refractivity contribution is -0.138. The predicted octanol–water partition coefficient (Wildman–Crippen LogP) is 1.29. The standard InChI is InChI=1S/C33H59N7O5/c1-6-25-30(43)36-27(22-24-12-8-7-9-13-24)29(42)34-16-15-33(4,38-28(41)23(2)3)32(45)37-26(31(44)35-25)14-10-11-17-40-20-18-39(5)19-21-40/h23-27H,6-22H2,1-5H3,(H,34,42)(H,35,44)(H,36,43)(H,37,45)(H,38,41)/t25-,26-,27+,33+/m0/s1. The molecule has 12 heteroatoms. The summed E-state index contributed by atoms with van der Waals surface area (Å²) in [7, 11) is 2.12. The molecule has 2 heterocycles. The van der Waals surface area contributed by atoms with Crippen molar-refractivity contribution in [1.82, 2.24) is 36.4 Å². The van der Waals surface area contributed by atoms with E-state index in [-0.39, 0.29) is 30.7 Å². The fraction of sp³-hybridized carbons (Fsp3) is 0.848. The summed E-state index contributed by atoms with van der Waals surface area (Å²) in [4.78, 5) is 71.9. The van der Waals surface area contributed by atoms with E-state index in [1.54, 1.807) is 20.8 Å². The second kappa shape index (κ2) is 17.8. The van der Waals surface area contributed by atoms with Gasteiger partial charge in [0.2, 0.25) is 29.5 Å². The minimum Gasteiger partial charge on any atom is -0.354 e. The van der Waals surface area contributed by atoms with Crippen molar-refractivity contribution in [3.8, 4) is 0 Å². The molecule has 4 atom stereocenters. The van der Waals surface area contributed by atoms with E-state index >= 15 is 0 Å². The molecule has 1 saturated carbocycles. The average Bonchev–Trinajstić information content (AvgIpc) is 3.01. The average molecular weight is 634 g/mol. The SMILES string of the molecule is CC[C@@H]1NC(=O)[C@H](CCCCN2CCN(C)CC2)NC(=O)[C@](C)(NC(=O)C(C)C)CCNC(=O)[C@@H](CC2CCCCC2)NC1=O. The highest BCUT2D eigenvalue weighted by atomic mass is 16.2. The summed E-state index contributed by atoms with van der Waals surface area (Å²) in [5.74, 6) is -1.95. The molecule has 0 bridgehead atoms. The van der Waals surface area contributed by atoms with Crippen molar-refractivity contribution in [3.05, 3.63) is 0 Å². The Labute approximate surface area is 269 Å². The first-order valence-electron chi connectivity index (χ1n) is 17.3. The Balaban J connectivity index is 1.80. The highest BCUT2D eigenvalue weighted by Gasteiger charge is 2.39. The molecule has 3 rings (SSSR count). The van der Waals surface area contributed by atoms with Crippen LogP contribution in [-0.2, 0) is 24.0 Å². The summed E-state index contributed by atoms with van der Waals surface area (Å²) >= 11 is 0. The number of unbranched alkanes of at least 4 members (excludes halogenated alkanes) is 1. The highest BCUT2D eigenvalue weighted by molar-refractivity contribution is 5.97. The number of piperazine rings is 1. The van der Waals surface area contributed by atoms with E-state index in [0.717, 1.165) is 64.8 Å². The summed E-state index contributed by atoms with van der Waals surface area (Å²) in [5.41, 5.74) is -1.36. The molecule has 0 spiro atoms.